The Kier molecular flexibility index (Phi) is 8.07. The average molecular weight is 214 g/mol. The Morgan fingerprint density at radius 3 is 1.87 bits per heavy atom. The quantitative estimate of drug-likeness (QED) is 0.579. The van der Waals surface area contributed by atoms with Crippen LogP contribution in [-0.2, 0) is 0 Å². The van der Waals surface area contributed by atoms with Crippen LogP contribution in [0.15, 0.2) is 0 Å². The van der Waals surface area contributed by atoms with Gasteiger partial charge in [0.2, 0.25) is 0 Å². The van der Waals surface area contributed by atoms with Crippen molar-refractivity contribution in [3.63, 3.8) is 0 Å². The number of unbranched alkanes of at least 4 members (excludes halogenated alkanes) is 6. The minimum atomic E-state index is -0.220. The van der Waals surface area contributed by atoms with E-state index in [0.717, 1.165) is 6.42 Å². The molecule has 0 aliphatic rings. The van der Waals surface area contributed by atoms with E-state index in [1.54, 1.807) is 0 Å². The predicted molar refractivity (Wildman–Crippen MR) is 68.9 cm³/mol. The fourth-order valence-corrected chi connectivity index (χ4v) is 1.69. The smallest absolute Gasteiger partial charge is 0.0250 e. The van der Waals surface area contributed by atoms with Gasteiger partial charge in [0.15, 0.2) is 0 Å². The van der Waals surface area contributed by atoms with Crippen LogP contribution in [0, 0.1) is 0 Å². The van der Waals surface area contributed by atoms with Gasteiger partial charge in [-0.1, -0.05) is 51.9 Å². The van der Waals surface area contributed by atoms with Crippen LogP contribution in [-0.4, -0.2) is 11.6 Å². The largest absolute Gasteiger partial charge is 0.326 e. The van der Waals surface area contributed by atoms with Gasteiger partial charge in [-0.15, -0.1) is 0 Å². The van der Waals surface area contributed by atoms with Crippen LogP contribution in [0.4, 0.5) is 0 Å². The van der Waals surface area contributed by atoms with E-state index in [2.05, 4.69) is 6.92 Å². The lowest BCUT2D eigenvalue weighted by atomic mass is 9.92. The average Bonchev–Trinajstić information content (AvgIpc) is 2.14. The Hall–Kier alpha value is -0.0800. The highest BCUT2D eigenvalue weighted by Gasteiger charge is 2.19. The van der Waals surface area contributed by atoms with Crippen molar-refractivity contribution in [2.75, 3.05) is 0 Å². The molecule has 0 aliphatic heterocycles. The second-order valence-electron chi connectivity index (χ2n) is 5.34. The first kappa shape index (κ1) is 14.9. The zero-order valence-corrected chi connectivity index (χ0v) is 10.9. The maximum absolute atomic E-state index is 5.99. The van der Waals surface area contributed by atoms with Gasteiger partial charge >= 0.3 is 0 Å². The molecule has 0 saturated carbocycles. The molecule has 0 aliphatic carbocycles. The van der Waals surface area contributed by atoms with E-state index in [1.807, 2.05) is 13.8 Å². The van der Waals surface area contributed by atoms with Gasteiger partial charge in [0.05, 0.1) is 0 Å². The fraction of sp³-hybridized carbons (Fsp3) is 1.00. The van der Waals surface area contributed by atoms with Crippen LogP contribution in [0.3, 0.4) is 0 Å². The summed E-state index contributed by atoms with van der Waals surface area (Å²) in [4.78, 5) is 0. The van der Waals surface area contributed by atoms with Crippen molar-refractivity contribution < 1.29 is 0 Å². The van der Waals surface area contributed by atoms with Crippen molar-refractivity contribution in [3.8, 4) is 0 Å². The zero-order valence-electron chi connectivity index (χ0n) is 10.9. The Morgan fingerprint density at radius 1 is 0.933 bits per heavy atom. The molecule has 0 fully saturated rings. The third-order valence-electron chi connectivity index (χ3n) is 3.07. The van der Waals surface area contributed by atoms with Crippen LogP contribution in [0.25, 0.3) is 0 Å². The minimum absolute atomic E-state index is 0.146. The maximum atomic E-state index is 5.99. The van der Waals surface area contributed by atoms with E-state index in [9.17, 15) is 0 Å². The van der Waals surface area contributed by atoms with E-state index in [0.29, 0.717) is 0 Å². The molecular weight excluding hydrogens is 184 g/mol. The van der Waals surface area contributed by atoms with Gasteiger partial charge in [-0.25, -0.2) is 0 Å². The molecule has 1 unspecified atom stereocenters. The molecule has 0 radical (unpaired) electrons. The van der Waals surface area contributed by atoms with Gasteiger partial charge in [0.1, 0.15) is 0 Å². The third-order valence-corrected chi connectivity index (χ3v) is 3.07. The molecule has 2 nitrogen and oxygen atoms in total. The van der Waals surface area contributed by atoms with Gasteiger partial charge in [0.25, 0.3) is 0 Å². The molecule has 0 saturated heterocycles. The first-order valence-electron chi connectivity index (χ1n) is 6.53. The lowest BCUT2D eigenvalue weighted by molar-refractivity contribution is 0.376. The first-order valence-corrected chi connectivity index (χ1v) is 6.53. The van der Waals surface area contributed by atoms with E-state index in [1.165, 1.54) is 44.9 Å². The second-order valence-corrected chi connectivity index (χ2v) is 5.34. The molecule has 0 bridgehead atoms. The second kappa shape index (κ2) is 8.12. The van der Waals surface area contributed by atoms with Gasteiger partial charge in [-0.05, 0) is 20.3 Å². The van der Waals surface area contributed by atoms with Crippen molar-refractivity contribution in [1.82, 2.24) is 0 Å². The molecular formula is C13H30N2. The van der Waals surface area contributed by atoms with Crippen molar-refractivity contribution in [2.45, 2.75) is 83.7 Å². The summed E-state index contributed by atoms with van der Waals surface area (Å²) < 4.78 is 0. The molecule has 92 valence electrons. The van der Waals surface area contributed by atoms with Gasteiger partial charge in [-0.3, -0.25) is 0 Å². The van der Waals surface area contributed by atoms with E-state index in [4.69, 9.17) is 11.5 Å². The number of nitrogens with two attached hydrogens (primary N) is 2. The Balaban J connectivity index is 3.24. The number of hydrogen-bond donors (Lipinski definition) is 2. The molecule has 0 heterocycles. The normalized spacial score (nSPS) is 14.2. The van der Waals surface area contributed by atoms with Crippen molar-refractivity contribution in [1.29, 1.82) is 0 Å². The first-order chi connectivity index (χ1) is 6.98. The fourth-order valence-electron chi connectivity index (χ4n) is 1.69. The minimum Gasteiger partial charge on any atom is -0.326 e. The molecule has 0 amide bonds. The highest BCUT2D eigenvalue weighted by Crippen LogP contribution is 2.13. The van der Waals surface area contributed by atoms with Crippen molar-refractivity contribution in [3.05, 3.63) is 0 Å². The summed E-state index contributed by atoms with van der Waals surface area (Å²) in [5.74, 6) is 0. The van der Waals surface area contributed by atoms with Crippen molar-refractivity contribution >= 4 is 0 Å². The summed E-state index contributed by atoms with van der Waals surface area (Å²) in [5, 5.41) is 0. The highest BCUT2D eigenvalue weighted by atomic mass is 14.8. The predicted octanol–water partition coefficient (Wildman–Crippen LogP) is 3.19. The van der Waals surface area contributed by atoms with Gasteiger partial charge < -0.3 is 11.5 Å². The maximum Gasteiger partial charge on any atom is 0.0250 e. The highest BCUT2D eigenvalue weighted by molar-refractivity contribution is 4.84. The molecule has 1 atom stereocenters. The monoisotopic (exact) mass is 214 g/mol. The Bertz CT molecular complexity index is 138. The molecule has 4 N–H and O–H groups in total. The molecule has 2 heteroatoms. The zero-order chi connectivity index (χ0) is 11.7. The summed E-state index contributed by atoms with van der Waals surface area (Å²) in [6.07, 6.45) is 10.5. The van der Waals surface area contributed by atoms with Crippen molar-refractivity contribution in [2.24, 2.45) is 11.5 Å². The number of hydrogen-bond acceptors (Lipinski definition) is 2. The Morgan fingerprint density at radius 2 is 1.40 bits per heavy atom. The molecule has 0 aromatic carbocycles. The molecule has 0 aromatic rings. The SMILES string of the molecule is CCCCCCCCCC(N)C(C)(C)N. The summed E-state index contributed by atoms with van der Waals surface area (Å²) in [5.41, 5.74) is 11.7. The summed E-state index contributed by atoms with van der Waals surface area (Å²) in [6.45, 7) is 6.28. The number of rotatable bonds is 9. The van der Waals surface area contributed by atoms with Crippen LogP contribution in [0.1, 0.15) is 72.1 Å². The molecule has 15 heavy (non-hydrogen) atoms. The van der Waals surface area contributed by atoms with Gasteiger partial charge in [-0.2, -0.15) is 0 Å². The topological polar surface area (TPSA) is 52.0 Å². The van der Waals surface area contributed by atoms with Crippen LogP contribution < -0.4 is 11.5 Å². The third kappa shape index (κ3) is 8.88. The van der Waals surface area contributed by atoms with Crippen LogP contribution in [0.5, 0.6) is 0 Å². The molecule has 0 rings (SSSR count). The lowest BCUT2D eigenvalue weighted by Gasteiger charge is -2.26. The molecule has 0 aromatic heterocycles. The van der Waals surface area contributed by atoms with E-state index < -0.39 is 0 Å². The summed E-state index contributed by atoms with van der Waals surface area (Å²) >= 11 is 0. The van der Waals surface area contributed by atoms with E-state index >= 15 is 0 Å². The lowest BCUT2D eigenvalue weighted by Crippen LogP contribution is -2.50. The van der Waals surface area contributed by atoms with Crippen LogP contribution in [0.2, 0.25) is 0 Å². The van der Waals surface area contributed by atoms with E-state index in [-0.39, 0.29) is 11.6 Å². The molecule has 0 spiro atoms. The standard InChI is InChI=1S/C13H30N2/c1-4-5-6-7-8-9-10-11-12(14)13(2,3)15/h12H,4-11,14-15H2,1-3H3. The van der Waals surface area contributed by atoms with Gasteiger partial charge in [0, 0.05) is 11.6 Å². The summed E-state index contributed by atoms with van der Waals surface area (Å²) in [6, 6.07) is 0.146. The summed E-state index contributed by atoms with van der Waals surface area (Å²) in [7, 11) is 0. The Labute approximate surface area is 95.8 Å². The van der Waals surface area contributed by atoms with Crippen LogP contribution >= 0.6 is 0 Å².